The Hall–Kier alpha value is -2.62. The van der Waals surface area contributed by atoms with Gasteiger partial charge in [0.25, 0.3) is 5.91 Å². The van der Waals surface area contributed by atoms with E-state index < -0.39 is 0 Å². The summed E-state index contributed by atoms with van der Waals surface area (Å²) in [6, 6.07) is 24.9. The molecule has 3 aromatic rings. The predicted molar refractivity (Wildman–Crippen MR) is 138 cm³/mol. The molecule has 0 spiro atoms. The average molecular weight is 461 g/mol. The lowest BCUT2D eigenvalue weighted by atomic mass is 9.93. The highest BCUT2D eigenvalue weighted by atomic mass is 35.5. The zero-order chi connectivity index (χ0) is 23.2. The van der Waals surface area contributed by atoms with E-state index in [9.17, 15) is 4.79 Å². The van der Waals surface area contributed by atoms with E-state index in [0.29, 0.717) is 24.1 Å². The number of rotatable bonds is 8. The van der Waals surface area contributed by atoms with Gasteiger partial charge in [0.1, 0.15) is 0 Å². The van der Waals surface area contributed by atoms with Gasteiger partial charge < -0.3 is 5.32 Å². The average Bonchev–Trinajstić information content (AvgIpc) is 3.35. The molecule has 1 amide bonds. The molecular formula is C29H33ClN2O. The minimum absolute atomic E-state index is 0.0387. The number of halogens is 1. The lowest BCUT2D eigenvalue weighted by Crippen LogP contribution is -2.29. The number of carbonyl (C=O) groups excluding carboxylic acids is 1. The Morgan fingerprint density at radius 3 is 2.03 bits per heavy atom. The van der Waals surface area contributed by atoms with Crippen molar-refractivity contribution in [2.45, 2.75) is 39.2 Å². The zero-order valence-electron chi connectivity index (χ0n) is 19.6. The van der Waals surface area contributed by atoms with Gasteiger partial charge in [-0.1, -0.05) is 74.0 Å². The summed E-state index contributed by atoms with van der Waals surface area (Å²) in [6.45, 7) is 7.66. The van der Waals surface area contributed by atoms with Crippen LogP contribution in [0.5, 0.6) is 0 Å². The third-order valence-electron chi connectivity index (χ3n) is 6.51. The van der Waals surface area contributed by atoms with Crippen molar-refractivity contribution in [3.05, 3.63) is 94.5 Å². The van der Waals surface area contributed by atoms with Gasteiger partial charge in [-0.05, 0) is 84.8 Å². The normalized spacial score (nSPS) is 15.0. The summed E-state index contributed by atoms with van der Waals surface area (Å²) in [5.74, 6) is 0.558. The van der Waals surface area contributed by atoms with Crippen LogP contribution >= 0.6 is 11.6 Å². The number of hydrogen-bond donors (Lipinski definition) is 1. The van der Waals surface area contributed by atoms with E-state index in [1.807, 2.05) is 48.5 Å². The van der Waals surface area contributed by atoms with E-state index in [1.54, 1.807) is 0 Å². The molecule has 1 N–H and O–H groups in total. The van der Waals surface area contributed by atoms with Crippen LogP contribution in [0.1, 0.15) is 54.2 Å². The molecule has 1 atom stereocenters. The summed E-state index contributed by atoms with van der Waals surface area (Å²) < 4.78 is 0. The molecule has 3 nitrogen and oxygen atoms in total. The number of hydrogen-bond acceptors (Lipinski definition) is 2. The second-order valence-corrected chi connectivity index (χ2v) is 9.70. The Balaban J connectivity index is 1.30. The fourth-order valence-corrected chi connectivity index (χ4v) is 4.92. The summed E-state index contributed by atoms with van der Waals surface area (Å²) >= 11 is 5.96. The van der Waals surface area contributed by atoms with E-state index in [-0.39, 0.29) is 5.91 Å². The molecule has 1 saturated heterocycles. The number of carbonyl (C=O) groups is 1. The Bertz CT molecular complexity index is 1040. The predicted octanol–water partition coefficient (Wildman–Crippen LogP) is 6.77. The molecule has 1 fully saturated rings. The highest BCUT2D eigenvalue weighted by Gasteiger charge is 2.25. The maximum atomic E-state index is 12.6. The third-order valence-corrected chi connectivity index (χ3v) is 6.76. The van der Waals surface area contributed by atoms with Crippen molar-refractivity contribution in [2.75, 3.05) is 19.6 Å². The number of nitrogens with zero attached hydrogens (tertiary/aromatic N) is 1. The molecule has 33 heavy (non-hydrogen) atoms. The van der Waals surface area contributed by atoms with E-state index >= 15 is 0 Å². The monoisotopic (exact) mass is 460 g/mol. The van der Waals surface area contributed by atoms with Crippen LogP contribution in [-0.2, 0) is 6.42 Å². The van der Waals surface area contributed by atoms with Crippen LogP contribution < -0.4 is 5.32 Å². The highest BCUT2D eigenvalue weighted by Crippen LogP contribution is 2.31. The number of likely N-dealkylation sites (tertiary alicyclic amines) is 1. The van der Waals surface area contributed by atoms with Crippen LogP contribution in [0, 0.1) is 5.92 Å². The number of amides is 1. The van der Waals surface area contributed by atoms with Crippen LogP contribution in [0.25, 0.3) is 11.1 Å². The van der Waals surface area contributed by atoms with E-state index in [4.69, 9.17) is 11.6 Å². The second-order valence-electron chi connectivity index (χ2n) is 9.26. The van der Waals surface area contributed by atoms with Gasteiger partial charge in [-0.2, -0.15) is 0 Å². The molecule has 0 radical (unpaired) electrons. The Kier molecular flexibility index (Phi) is 7.85. The first-order chi connectivity index (χ1) is 16.0. The van der Waals surface area contributed by atoms with Crippen LogP contribution in [0.4, 0.5) is 0 Å². The maximum absolute atomic E-state index is 12.6. The fourth-order valence-electron chi connectivity index (χ4n) is 4.80. The Labute approximate surface area is 202 Å². The lowest BCUT2D eigenvalue weighted by molar-refractivity contribution is 0.0954. The van der Waals surface area contributed by atoms with Crippen molar-refractivity contribution in [3.8, 4) is 11.1 Å². The first kappa shape index (κ1) is 23.5. The molecule has 0 aromatic heterocycles. The Morgan fingerprint density at radius 2 is 1.45 bits per heavy atom. The molecule has 1 heterocycles. The number of benzene rings is 3. The molecule has 1 aliphatic rings. The van der Waals surface area contributed by atoms with Crippen molar-refractivity contribution in [2.24, 2.45) is 5.92 Å². The van der Waals surface area contributed by atoms with Crippen LogP contribution in [0.2, 0.25) is 5.02 Å². The van der Waals surface area contributed by atoms with Gasteiger partial charge >= 0.3 is 0 Å². The Morgan fingerprint density at radius 1 is 0.879 bits per heavy atom. The third kappa shape index (κ3) is 6.04. The van der Waals surface area contributed by atoms with Gasteiger partial charge in [-0.25, -0.2) is 0 Å². The topological polar surface area (TPSA) is 32.3 Å². The van der Waals surface area contributed by atoms with Gasteiger partial charge in [-0.3, -0.25) is 9.69 Å². The van der Waals surface area contributed by atoms with Gasteiger partial charge in [0.2, 0.25) is 0 Å². The lowest BCUT2D eigenvalue weighted by Gasteiger charge is -2.31. The van der Waals surface area contributed by atoms with Crippen molar-refractivity contribution < 1.29 is 4.79 Å². The minimum Gasteiger partial charge on any atom is -0.352 e. The van der Waals surface area contributed by atoms with E-state index in [1.165, 1.54) is 37.1 Å². The molecule has 1 unspecified atom stereocenters. The van der Waals surface area contributed by atoms with E-state index in [2.05, 4.69) is 48.3 Å². The van der Waals surface area contributed by atoms with Crippen molar-refractivity contribution in [1.82, 2.24) is 10.2 Å². The first-order valence-corrected chi connectivity index (χ1v) is 12.4. The van der Waals surface area contributed by atoms with E-state index in [0.717, 1.165) is 22.6 Å². The van der Waals surface area contributed by atoms with Crippen molar-refractivity contribution in [3.63, 3.8) is 0 Å². The van der Waals surface area contributed by atoms with Gasteiger partial charge in [0.15, 0.2) is 0 Å². The highest BCUT2D eigenvalue weighted by molar-refractivity contribution is 6.30. The summed E-state index contributed by atoms with van der Waals surface area (Å²) in [7, 11) is 0. The fraction of sp³-hybridized carbons (Fsp3) is 0.345. The van der Waals surface area contributed by atoms with Crippen LogP contribution in [-0.4, -0.2) is 30.4 Å². The van der Waals surface area contributed by atoms with Gasteiger partial charge in [0, 0.05) is 23.2 Å². The second kappa shape index (κ2) is 11.0. The molecule has 0 bridgehead atoms. The summed E-state index contributed by atoms with van der Waals surface area (Å²) in [5.41, 5.74) is 5.48. The van der Waals surface area contributed by atoms with Crippen LogP contribution in [0.15, 0.2) is 72.8 Å². The van der Waals surface area contributed by atoms with Gasteiger partial charge in [-0.15, -0.1) is 0 Å². The van der Waals surface area contributed by atoms with Crippen LogP contribution in [0.3, 0.4) is 0 Å². The molecule has 0 aliphatic carbocycles. The zero-order valence-corrected chi connectivity index (χ0v) is 20.3. The summed E-state index contributed by atoms with van der Waals surface area (Å²) in [5, 5.41) is 3.77. The first-order valence-electron chi connectivity index (χ1n) is 12.0. The van der Waals surface area contributed by atoms with Gasteiger partial charge in [0.05, 0.1) is 0 Å². The molecule has 4 rings (SSSR count). The van der Waals surface area contributed by atoms with Crippen molar-refractivity contribution >= 4 is 17.5 Å². The summed E-state index contributed by atoms with van der Waals surface area (Å²) in [4.78, 5) is 15.2. The smallest absolute Gasteiger partial charge is 0.251 e. The molecule has 0 saturated carbocycles. The van der Waals surface area contributed by atoms with Crippen molar-refractivity contribution in [1.29, 1.82) is 0 Å². The number of nitrogens with one attached hydrogen (secondary N) is 1. The molecule has 172 valence electrons. The molecule has 4 heteroatoms. The minimum atomic E-state index is -0.0387. The molecule has 3 aromatic carbocycles. The molecular weight excluding hydrogens is 428 g/mol. The largest absolute Gasteiger partial charge is 0.352 e. The maximum Gasteiger partial charge on any atom is 0.251 e. The SMILES string of the molecule is CC(C)C(c1ccc(CCNC(=O)c2ccc(-c3ccc(Cl)cc3)cc2)cc1)N1CCCC1. The quantitative estimate of drug-likeness (QED) is 0.402. The standard InChI is InChI=1S/C29H33ClN2O/c1-21(2)28(32-19-3-4-20-32)25-7-5-22(6-8-25)17-18-31-29(33)26-11-9-23(10-12-26)24-13-15-27(30)16-14-24/h5-16,21,28H,3-4,17-20H2,1-2H3,(H,31,33). The summed E-state index contributed by atoms with van der Waals surface area (Å²) in [6.07, 6.45) is 3.45. The molecule has 1 aliphatic heterocycles.